The van der Waals surface area contributed by atoms with Crippen LogP contribution in [0.15, 0.2) is 34.3 Å². The molecule has 0 nitrogen and oxygen atoms in total. The minimum Gasteiger partial charge on any atom is -0.207 e. The van der Waals surface area contributed by atoms with Crippen LogP contribution >= 0.6 is 27.5 Å². The van der Waals surface area contributed by atoms with Gasteiger partial charge in [-0.3, -0.25) is 0 Å². The van der Waals surface area contributed by atoms with Gasteiger partial charge >= 0.3 is 0 Å². The Morgan fingerprint density at radius 2 is 2.27 bits per heavy atom. The second-order valence-corrected chi connectivity index (χ2v) is 4.67. The van der Waals surface area contributed by atoms with E-state index in [-0.39, 0.29) is 5.82 Å². The molecule has 1 rings (SSSR count). The molecule has 0 atom stereocenters. The van der Waals surface area contributed by atoms with E-state index in [0.29, 0.717) is 5.88 Å². The number of hydrogen-bond donors (Lipinski definition) is 0. The van der Waals surface area contributed by atoms with Crippen LogP contribution in [0.25, 0.3) is 0 Å². The topological polar surface area (TPSA) is 0 Å². The summed E-state index contributed by atoms with van der Waals surface area (Å²) in [4.78, 5) is 0. The standard InChI is InChI=1S/C12H13BrClF/c1-9(3-2-6-14)7-10-4-5-11(15)8-12(10)13/h3-5,8H,2,6-7H2,1H3. The summed E-state index contributed by atoms with van der Waals surface area (Å²) in [5.74, 6) is 0.426. The van der Waals surface area contributed by atoms with Crippen LogP contribution in [-0.4, -0.2) is 5.88 Å². The molecule has 0 heterocycles. The first-order chi connectivity index (χ1) is 7.13. The van der Waals surface area contributed by atoms with Gasteiger partial charge in [-0.2, -0.15) is 0 Å². The third-order valence-electron chi connectivity index (χ3n) is 2.09. The highest BCUT2D eigenvalue weighted by molar-refractivity contribution is 9.10. The lowest BCUT2D eigenvalue weighted by atomic mass is 10.1. The maximum atomic E-state index is 12.8. The van der Waals surface area contributed by atoms with Crippen LogP contribution in [0, 0.1) is 5.82 Å². The van der Waals surface area contributed by atoms with E-state index in [2.05, 4.69) is 28.9 Å². The third kappa shape index (κ3) is 4.35. The van der Waals surface area contributed by atoms with E-state index in [0.717, 1.165) is 22.9 Å². The van der Waals surface area contributed by atoms with Gasteiger partial charge in [0.2, 0.25) is 0 Å². The Hall–Kier alpha value is -0.340. The SMILES string of the molecule is CC(=CCCCl)Cc1ccc(F)cc1Br. The van der Waals surface area contributed by atoms with Crippen molar-refractivity contribution in [1.82, 2.24) is 0 Å². The first-order valence-electron chi connectivity index (χ1n) is 4.79. The van der Waals surface area contributed by atoms with Crippen LogP contribution in [0.2, 0.25) is 0 Å². The minimum absolute atomic E-state index is 0.215. The Morgan fingerprint density at radius 3 is 2.87 bits per heavy atom. The van der Waals surface area contributed by atoms with Crippen molar-refractivity contribution >= 4 is 27.5 Å². The van der Waals surface area contributed by atoms with Gasteiger partial charge in [-0.05, 0) is 37.5 Å². The summed E-state index contributed by atoms with van der Waals surface area (Å²) >= 11 is 8.95. The summed E-state index contributed by atoms with van der Waals surface area (Å²) in [5.41, 5.74) is 2.35. The van der Waals surface area contributed by atoms with Crippen molar-refractivity contribution in [1.29, 1.82) is 0 Å². The highest BCUT2D eigenvalue weighted by Crippen LogP contribution is 2.20. The molecule has 0 amide bonds. The molecule has 0 aliphatic rings. The lowest BCUT2D eigenvalue weighted by molar-refractivity contribution is 0.626. The lowest BCUT2D eigenvalue weighted by Gasteiger charge is -2.05. The van der Waals surface area contributed by atoms with E-state index in [1.165, 1.54) is 17.7 Å². The first-order valence-corrected chi connectivity index (χ1v) is 6.11. The summed E-state index contributed by atoms with van der Waals surface area (Å²) in [6.45, 7) is 2.06. The van der Waals surface area contributed by atoms with Crippen LogP contribution in [-0.2, 0) is 6.42 Å². The molecular weight excluding hydrogens is 278 g/mol. The molecule has 3 heteroatoms. The maximum absolute atomic E-state index is 12.8. The van der Waals surface area contributed by atoms with Crippen molar-refractivity contribution in [2.24, 2.45) is 0 Å². The van der Waals surface area contributed by atoms with E-state index in [1.807, 2.05) is 0 Å². The van der Waals surface area contributed by atoms with Gasteiger partial charge in [-0.1, -0.05) is 33.6 Å². The van der Waals surface area contributed by atoms with Crippen LogP contribution in [0.3, 0.4) is 0 Å². The van der Waals surface area contributed by atoms with Gasteiger partial charge in [0, 0.05) is 10.4 Å². The predicted molar refractivity (Wildman–Crippen MR) is 66.9 cm³/mol. The number of hydrogen-bond acceptors (Lipinski definition) is 0. The average molecular weight is 292 g/mol. The lowest BCUT2D eigenvalue weighted by Crippen LogP contribution is -1.90. The van der Waals surface area contributed by atoms with E-state index in [9.17, 15) is 4.39 Å². The molecule has 0 radical (unpaired) electrons. The van der Waals surface area contributed by atoms with E-state index < -0.39 is 0 Å². The molecular formula is C12H13BrClF. The molecule has 0 unspecified atom stereocenters. The van der Waals surface area contributed by atoms with Gasteiger partial charge in [0.1, 0.15) is 5.82 Å². The van der Waals surface area contributed by atoms with E-state index in [4.69, 9.17) is 11.6 Å². The molecule has 0 aliphatic heterocycles. The van der Waals surface area contributed by atoms with E-state index in [1.54, 1.807) is 6.07 Å². The van der Waals surface area contributed by atoms with Gasteiger partial charge in [-0.15, -0.1) is 11.6 Å². The first kappa shape index (κ1) is 12.7. The number of benzene rings is 1. The second kappa shape index (κ2) is 6.29. The number of allylic oxidation sites excluding steroid dienone is 2. The normalized spacial score (nSPS) is 11.9. The maximum Gasteiger partial charge on any atom is 0.124 e. The molecule has 82 valence electrons. The van der Waals surface area contributed by atoms with Crippen LogP contribution in [0.4, 0.5) is 4.39 Å². The van der Waals surface area contributed by atoms with Crippen molar-refractivity contribution in [2.75, 3.05) is 5.88 Å². The number of alkyl halides is 1. The summed E-state index contributed by atoms with van der Waals surface area (Å²) in [5, 5.41) is 0. The zero-order valence-corrected chi connectivity index (χ0v) is 10.9. The fraction of sp³-hybridized carbons (Fsp3) is 0.333. The van der Waals surface area contributed by atoms with Crippen LogP contribution < -0.4 is 0 Å². The van der Waals surface area contributed by atoms with Gasteiger partial charge in [-0.25, -0.2) is 4.39 Å². The summed E-state index contributed by atoms with van der Waals surface area (Å²) < 4.78 is 13.6. The van der Waals surface area contributed by atoms with Crippen molar-refractivity contribution in [3.63, 3.8) is 0 Å². The Labute approximate surface area is 103 Å². The zero-order chi connectivity index (χ0) is 11.3. The Bertz CT molecular complexity index is 361. The monoisotopic (exact) mass is 290 g/mol. The molecule has 15 heavy (non-hydrogen) atoms. The van der Waals surface area contributed by atoms with Gasteiger partial charge < -0.3 is 0 Å². The van der Waals surface area contributed by atoms with Crippen molar-refractivity contribution in [3.8, 4) is 0 Å². The minimum atomic E-state index is -0.215. The quantitative estimate of drug-likeness (QED) is 0.557. The largest absolute Gasteiger partial charge is 0.207 e. The smallest absolute Gasteiger partial charge is 0.124 e. The van der Waals surface area contributed by atoms with Crippen molar-refractivity contribution < 1.29 is 4.39 Å². The zero-order valence-electron chi connectivity index (χ0n) is 8.56. The Balaban J connectivity index is 2.72. The fourth-order valence-electron chi connectivity index (χ4n) is 1.34. The average Bonchev–Trinajstić information content (AvgIpc) is 2.19. The van der Waals surface area contributed by atoms with Gasteiger partial charge in [0.15, 0.2) is 0 Å². The summed E-state index contributed by atoms with van der Waals surface area (Å²) in [6.07, 6.45) is 3.83. The van der Waals surface area contributed by atoms with Crippen LogP contribution in [0.1, 0.15) is 18.9 Å². The number of halogens is 3. The highest BCUT2D eigenvalue weighted by Gasteiger charge is 2.01. The molecule has 0 saturated carbocycles. The molecule has 0 saturated heterocycles. The van der Waals surface area contributed by atoms with Crippen molar-refractivity contribution in [2.45, 2.75) is 19.8 Å². The summed E-state index contributed by atoms with van der Waals surface area (Å²) in [6, 6.07) is 4.77. The second-order valence-electron chi connectivity index (χ2n) is 3.44. The molecule has 0 spiro atoms. The fourth-order valence-corrected chi connectivity index (χ4v) is 1.94. The Morgan fingerprint density at radius 1 is 1.53 bits per heavy atom. The summed E-state index contributed by atoms with van der Waals surface area (Å²) in [7, 11) is 0. The molecule has 0 aromatic heterocycles. The third-order valence-corrected chi connectivity index (χ3v) is 3.04. The molecule has 0 aliphatic carbocycles. The van der Waals surface area contributed by atoms with E-state index >= 15 is 0 Å². The Kier molecular flexibility index (Phi) is 5.34. The highest BCUT2D eigenvalue weighted by atomic mass is 79.9. The van der Waals surface area contributed by atoms with Crippen molar-refractivity contribution in [3.05, 3.63) is 45.7 Å². The molecule has 0 bridgehead atoms. The molecule has 1 aromatic carbocycles. The molecule has 0 N–H and O–H groups in total. The number of rotatable bonds is 4. The predicted octanol–water partition coefficient (Wildman–Crippen LogP) is 4.71. The van der Waals surface area contributed by atoms with Gasteiger partial charge in [0.05, 0.1) is 0 Å². The van der Waals surface area contributed by atoms with Crippen LogP contribution in [0.5, 0.6) is 0 Å². The molecule has 0 fully saturated rings. The van der Waals surface area contributed by atoms with Gasteiger partial charge in [0.25, 0.3) is 0 Å². The molecule has 1 aromatic rings.